The number of anilines is 1. The quantitative estimate of drug-likeness (QED) is 0.711. The molecule has 0 unspecified atom stereocenters. The van der Waals surface area contributed by atoms with Gasteiger partial charge in [-0.25, -0.2) is 13.4 Å². The van der Waals surface area contributed by atoms with Gasteiger partial charge in [-0.1, -0.05) is 11.3 Å². The van der Waals surface area contributed by atoms with E-state index in [-0.39, 0.29) is 29.8 Å². The SMILES string of the molecule is CC(=O)Nc1nc(C)c(-c2csc(S(=O)(=O)N3C[C@H]4O[C@@H](CO)[C@@H](C3)O4)c2)s1. The molecule has 0 spiro atoms. The number of fused-ring (bicyclic) bond motifs is 2. The lowest BCUT2D eigenvalue weighted by atomic mass is 10.2. The molecule has 0 aromatic carbocycles. The highest BCUT2D eigenvalue weighted by Gasteiger charge is 2.45. The van der Waals surface area contributed by atoms with E-state index in [0.29, 0.717) is 5.13 Å². The molecule has 28 heavy (non-hydrogen) atoms. The van der Waals surface area contributed by atoms with Crippen LogP contribution in [-0.2, 0) is 24.3 Å². The van der Waals surface area contributed by atoms with Crippen LogP contribution in [0.15, 0.2) is 15.7 Å². The fourth-order valence-electron chi connectivity index (χ4n) is 3.21. The first-order valence-electron chi connectivity index (χ1n) is 8.54. The van der Waals surface area contributed by atoms with E-state index in [1.807, 2.05) is 6.92 Å². The average Bonchev–Trinajstić information content (AvgIpc) is 3.32. The van der Waals surface area contributed by atoms with Crippen molar-refractivity contribution in [2.75, 3.05) is 25.0 Å². The Morgan fingerprint density at radius 3 is 2.93 bits per heavy atom. The van der Waals surface area contributed by atoms with E-state index in [2.05, 4.69) is 10.3 Å². The molecular weight excluding hydrogens is 426 g/mol. The van der Waals surface area contributed by atoms with Gasteiger partial charge >= 0.3 is 0 Å². The molecule has 2 aliphatic rings. The highest BCUT2D eigenvalue weighted by molar-refractivity contribution is 7.91. The molecule has 2 N–H and O–H groups in total. The third-order valence-corrected chi connectivity index (χ3v) is 8.86. The Morgan fingerprint density at radius 2 is 2.21 bits per heavy atom. The van der Waals surface area contributed by atoms with Gasteiger partial charge in [-0.05, 0) is 13.0 Å². The van der Waals surface area contributed by atoms with Crippen LogP contribution in [0.1, 0.15) is 12.6 Å². The van der Waals surface area contributed by atoms with Crippen molar-refractivity contribution in [2.24, 2.45) is 0 Å². The Hall–Kier alpha value is -1.41. The Labute approximate surface area is 170 Å². The number of amides is 1. The molecule has 2 bridgehead atoms. The summed E-state index contributed by atoms with van der Waals surface area (Å²) in [5, 5.41) is 14.2. The molecular formula is C16H19N3O6S3. The van der Waals surface area contributed by atoms with Crippen LogP contribution in [0, 0.1) is 6.92 Å². The third kappa shape index (κ3) is 3.61. The molecule has 152 valence electrons. The number of carbonyl (C=O) groups is 1. The second-order valence-electron chi connectivity index (χ2n) is 6.55. The number of hydrogen-bond donors (Lipinski definition) is 2. The van der Waals surface area contributed by atoms with Gasteiger partial charge in [0.25, 0.3) is 10.0 Å². The zero-order valence-corrected chi connectivity index (χ0v) is 17.6. The summed E-state index contributed by atoms with van der Waals surface area (Å²) in [6, 6.07) is 1.62. The van der Waals surface area contributed by atoms with E-state index in [4.69, 9.17) is 9.47 Å². The van der Waals surface area contributed by atoms with Gasteiger partial charge in [0.05, 0.1) is 23.7 Å². The Morgan fingerprint density at radius 1 is 1.43 bits per heavy atom. The number of thiazole rings is 1. The lowest BCUT2D eigenvalue weighted by molar-refractivity contribution is -0.114. The second-order valence-corrected chi connectivity index (χ2v) is 10.6. The summed E-state index contributed by atoms with van der Waals surface area (Å²) in [4.78, 5) is 16.3. The molecule has 2 aliphatic heterocycles. The summed E-state index contributed by atoms with van der Waals surface area (Å²) in [6.07, 6.45) is -1.63. The van der Waals surface area contributed by atoms with Crippen molar-refractivity contribution in [3.8, 4) is 10.4 Å². The van der Waals surface area contributed by atoms with Crippen LogP contribution < -0.4 is 5.32 Å². The second kappa shape index (κ2) is 7.44. The number of aryl methyl sites for hydroxylation is 1. The van der Waals surface area contributed by atoms with Gasteiger partial charge in [0.2, 0.25) is 5.91 Å². The highest BCUT2D eigenvalue weighted by atomic mass is 32.2. The van der Waals surface area contributed by atoms with Crippen molar-refractivity contribution in [1.82, 2.24) is 9.29 Å². The van der Waals surface area contributed by atoms with Gasteiger partial charge in [0.1, 0.15) is 16.4 Å². The number of carbonyl (C=O) groups excluding carboxylic acids is 1. The molecule has 2 saturated heterocycles. The minimum absolute atomic E-state index is 0.0921. The van der Waals surface area contributed by atoms with E-state index in [9.17, 15) is 18.3 Å². The zero-order valence-electron chi connectivity index (χ0n) is 15.1. The fraction of sp³-hybridized carbons (Fsp3) is 0.500. The lowest BCUT2D eigenvalue weighted by Gasteiger charge is -2.29. The maximum absolute atomic E-state index is 13.1. The average molecular weight is 446 g/mol. The number of morpholine rings is 1. The number of ether oxygens (including phenoxy) is 2. The minimum Gasteiger partial charge on any atom is -0.394 e. The van der Waals surface area contributed by atoms with Crippen molar-refractivity contribution >= 4 is 43.7 Å². The molecule has 2 aromatic heterocycles. The molecule has 4 heterocycles. The van der Waals surface area contributed by atoms with Crippen LogP contribution in [0.3, 0.4) is 0 Å². The van der Waals surface area contributed by atoms with Crippen LogP contribution in [-0.4, -0.2) is 66.9 Å². The van der Waals surface area contributed by atoms with Gasteiger partial charge in [0, 0.05) is 24.4 Å². The van der Waals surface area contributed by atoms with Crippen molar-refractivity contribution in [3.05, 3.63) is 17.1 Å². The van der Waals surface area contributed by atoms with Crippen molar-refractivity contribution in [2.45, 2.75) is 36.6 Å². The Balaban J connectivity index is 1.57. The molecule has 9 nitrogen and oxygen atoms in total. The number of aromatic nitrogens is 1. The molecule has 2 aromatic rings. The number of aliphatic hydroxyl groups is 1. The summed E-state index contributed by atoms with van der Waals surface area (Å²) in [5.41, 5.74) is 1.47. The number of nitrogens with one attached hydrogen (secondary N) is 1. The van der Waals surface area contributed by atoms with E-state index in [1.165, 1.54) is 22.6 Å². The molecule has 12 heteroatoms. The number of nitrogens with zero attached hydrogens (tertiary/aromatic N) is 2. The van der Waals surface area contributed by atoms with Crippen LogP contribution in [0.25, 0.3) is 10.4 Å². The van der Waals surface area contributed by atoms with Crippen LogP contribution in [0.4, 0.5) is 5.13 Å². The maximum atomic E-state index is 13.1. The topological polar surface area (TPSA) is 118 Å². The van der Waals surface area contributed by atoms with Gasteiger partial charge in [0.15, 0.2) is 11.4 Å². The van der Waals surface area contributed by atoms with Crippen molar-refractivity contribution < 1.29 is 27.8 Å². The number of hydrogen-bond acceptors (Lipinski definition) is 9. The van der Waals surface area contributed by atoms with Crippen LogP contribution in [0.5, 0.6) is 0 Å². The summed E-state index contributed by atoms with van der Waals surface area (Å²) in [5.74, 6) is -0.209. The predicted molar refractivity (Wildman–Crippen MR) is 104 cm³/mol. The molecule has 3 atom stereocenters. The van der Waals surface area contributed by atoms with E-state index >= 15 is 0 Å². The normalized spacial score (nSPS) is 25.2. The molecule has 2 fully saturated rings. The smallest absolute Gasteiger partial charge is 0.252 e. The maximum Gasteiger partial charge on any atom is 0.252 e. The first-order chi connectivity index (χ1) is 13.3. The first-order valence-corrected chi connectivity index (χ1v) is 11.7. The highest BCUT2D eigenvalue weighted by Crippen LogP contribution is 2.38. The van der Waals surface area contributed by atoms with Crippen LogP contribution in [0.2, 0.25) is 0 Å². The summed E-state index contributed by atoms with van der Waals surface area (Å²) < 4.78 is 38.8. The largest absolute Gasteiger partial charge is 0.394 e. The predicted octanol–water partition coefficient (Wildman–Crippen LogP) is 1.25. The van der Waals surface area contributed by atoms with Gasteiger partial charge < -0.3 is 19.9 Å². The Bertz CT molecular complexity index is 1000. The molecule has 4 rings (SSSR count). The number of aliphatic hydroxyl groups excluding tert-OH is 1. The number of thiophene rings is 1. The van der Waals surface area contributed by atoms with Gasteiger partial charge in [-0.2, -0.15) is 4.31 Å². The summed E-state index contributed by atoms with van der Waals surface area (Å²) in [7, 11) is -3.71. The minimum atomic E-state index is -3.71. The summed E-state index contributed by atoms with van der Waals surface area (Å²) >= 11 is 2.44. The van der Waals surface area contributed by atoms with Gasteiger partial charge in [-0.15, -0.1) is 11.3 Å². The number of sulfonamides is 1. The fourth-order valence-corrected chi connectivity index (χ4v) is 7.05. The standard InChI is InChI=1S/C16H19N3O6S3/c1-8-15(27-16(17-8)18-9(2)21)10-3-14(26-7-10)28(22,23)19-4-11-12(6-20)25-13(5-19)24-11/h3,7,11-13,20H,4-6H2,1-2H3,(H,17,18,21)/t11-,12+,13-/m1/s1. The van der Waals surface area contributed by atoms with Crippen molar-refractivity contribution in [3.63, 3.8) is 0 Å². The van der Waals surface area contributed by atoms with Crippen LogP contribution >= 0.6 is 22.7 Å². The molecule has 0 aliphatic carbocycles. The van der Waals surface area contributed by atoms with E-state index in [0.717, 1.165) is 27.5 Å². The molecule has 1 amide bonds. The van der Waals surface area contributed by atoms with Gasteiger partial charge in [-0.3, -0.25) is 4.79 Å². The first kappa shape index (κ1) is 19.9. The monoisotopic (exact) mass is 445 g/mol. The Kier molecular flexibility index (Phi) is 5.29. The molecule has 0 radical (unpaired) electrons. The van der Waals surface area contributed by atoms with E-state index < -0.39 is 28.5 Å². The zero-order chi connectivity index (χ0) is 20.1. The molecule has 0 saturated carbocycles. The summed E-state index contributed by atoms with van der Waals surface area (Å²) in [6.45, 7) is 3.25. The van der Waals surface area contributed by atoms with Crippen molar-refractivity contribution in [1.29, 1.82) is 0 Å². The van der Waals surface area contributed by atoms with E-state index in [1.54, 1.807) is 11.4 Å². The number of rotatable bonds is 5. The lowest BCUT2D eigenvalue weighted by Crippen LogP contribution is -2.47. The third-order valence-electron chi connectivity index (χ3n) is 4.50.